The van der Waals surface area contributed by atoms with Crippen LogP contribution in [0.25, 0.3) is 0 Å². The van der Waals surface area contributed by atoms with E-state index in [1.165, 1.54) is 0 Å². The molecule has 2 rings (SSSR count). The number of carbonyl (C=O) groups is 2. The highest BCUT2D eigenvalue weighted by Crippen LogP contribution is 2.12. The molecule has 0 aliphatic carbocycles. The molecule has 1 aliphatic heterocycles. The van der Waals surface area contributed by atoms with Gasteiger partial charge in [-0.2, -0.15) is 0 Å². The van der Waals surface area contributed by atoms with E-state index in [-0.39, 0.29) is 19.2 Å². The lowest BCUT2D eigenvalue weighted by Crippen LogP contribution is -2.55. The van der Waals surface area contributed by atoms with Crippen molar-refractivity contribution in [3.05, 3.63) is 29.8 Å². The quantitative estimate of drug-likeness (QED) is 0.356. The van der Waals surface area contributed by atoms with Gasteiger partial charge in [0.2, 0.25) is 0 Å². The van der Waals surface area contributed by atoms with Gasteiger partial charge in [0.15, 0.2) is 6.79 Å². The summed E-state index contributed by atoms with van der Waals surface area (Å²) >= 11 is 0. The largest absolute Gasteiger partial charge is 0.480 e. The first-order valence-corrected chi connectivity index (χ1v) is 8.87. The number of methoxy groups -OCH3 is 1. The van der Waals surface area contributed by atoms with Crippen LogP contribution in [0.2, 0.25) is 0 Å². The van der Waals surface area contributed by atoms with E-state index in [4.69, 9.17) is 14.2 Å². The molecule has 1 saturated heterocycles. The Kier molecular flexibility index (Phi) is 8.99. The minimum Gasteiger partial charge on any atom is -0.480 e. The third-order valence-corrected chi connectivity index (χ3v) is 4.19. The van der Waals surface area contributed by atoms with Crippen LogP contribution in [0.4, 0.5) is 0 Å². The van der Waals surface area contributed by atoms with Crippen molar-refractivity contribution < 1.29 is 28.9 Å². The molecule has 1 aromatic carbocycles. The molecule has 1 aromatic rings. The van der Waals surface area contributed by atoms with Gasteiger partial charge in [-0.05, 0) is 24.3 Å². The van der Waals surface area contributed by atoms with Crippen LogP contribution in [0.5, 0.6) is 5.75 Å². The highest BCUT2D eigenvalue weighted by atomic mass is 16.7. The summed E-state index contributed by atoms with van der Waals surface area (Å²) in [5.74, 6) is -0.679. The van der Waals surface area contributed by atoms with E-state index in [0.29, 0.717) is 37.6 Å². The van der Waals surface area contributed by atoms with Crippen molar-refractivity contribution in [1.82, 2.24) is 15.5 Å². The van der Waals surface area contributed by atoms with Gasteiger partial charge in [0.05, 0.1) is 13.2 Å². The SMILES string of the molecule is COCCOCOc1ccc(C(=O)NCC(C(=O)O)N2CCNCC2)cc1. The first-order valence-electron chi connectivity index (χ1n) is 8.87. The van der Waals surface area contributed by atoms with Gasteiger partial charge in [0, 0.05) is 45.4 Å². The highest BCUT2D eigenvalue weighted by molar-refractivity contribution is 5.94. The summed E-state index contributed by atoms with van der Waals surface area (Å²) in [6, 6.07) is 5.85. The minimum absolute atomic E-state index is 0.0553. The summed E-state index contributed by atoms with van der Waals surface area (Å²) in [7, 11) is 1.59. The molecule has 9 heteroatoms. The van der Waals surface area contributed by atoms with Crippen molar-refractivity contribution in [1.29, 1.82) is 0 Å². The molecule has 1 unspecified atom stereocenters. The van der Waals surface area contributed by atoms with E-state index in [0.717, 1.165) is 13.1 Å². The van der Waals surface area contributed by atoms with Crippen LogP contribution in [0.1, 0.15) is 10.4 Å². The summed E-state index contributed by atoms with van der Waals surface area (Å²) in [6.45, 7) is 3.86. The molecule has 3 N–H and O–H groups in total. The molecule has 0 radical (unpaired) electrons. The highest BCUT2D eigenvalue weighted by Gasteiger charge is 2.27. The second kappa shape index (κ2) is 11.5. The van der Waals surface area contributed by atoms with Crippen LogP contribution < -0.4 is 15.4 Å². The second-order valence-electron chi connectivity index (χ2n) is 6.04. The average molecular weight is 381 g/mol. The molecule has 1 amide bonds. The van der Waals surface area contributed by atoms with Crippen molar-refractivity contribution >= 4 is 11.9 Å². The predicted molar refractivity (Wildman–Crippen MR) is 98.0 cm³/mol. The van der Waals surface area contributed by atoms with Crippen LogP contribution in [0.3, 0.4) is 0 Å². The Balaban J connectivity index is 1.79. The third kappa shape index (κ3) is 7.14. The zero-order valence-electron chi connectivity index (χ0n) is 15.5. The number of hydrogen-bond donors (Lipinski definition) is 3. The lowest BCUT2D eigenvalue weighted by molar-refractivity contribution is -0.143. The monoisotopic (exact) mass is 381 g/mol. The average Bonchev–Trinajstić information content (AvgIpc) is 2.69. The van der Waals surface area contributed by atoms with Gasteiger partial charge in [0.1, 0.15) is 11.8 Å². The van der Waals surface area contributed by atoms with Crippen molar-refractivity contribution in [2.24, 2.45) is 0 Å². The maximum absolute atomic E-state index is 12.3. The van der Waals surface area contributed by atoms with Crippen molar-refractivity contribution in [3.8, 4) is 5.75 Å². The Morgan fingerprint density at radius 3 is 2.56 bits per heavy atom. The molecule has 1 aliphatic rings. The van der Waals surface area contributed by atoms with Gasteiger partial charge in [0.25, 0.3) is 5.91 Å². The Morgan fingerprint density at radius 1 is 1.22 bits per heavy atom. The van der Waals surface area contributed by atoms with Gasteiger partial charge in [-0.25, -0.2) is 0 Å². The number of benzene rings is 1. The zero-order chi connectivity index (χ0) is 19.5. The maximum atomic E-state index is 12.3. The van der Waals surface area contributed by atoms with Gasteiger partial charge >= 0.3 is 5.97 Å². The minimum atomic E-state index is -0.936. The fourth-order valence-electron chi connectivity index (χ4n) is 2.67. The van der Waals surface area contributed by atoms with Gasteiger partial charge in [-0.1, -0.05) is 0 Å². The number of carboxylic acids is 1. The van der Waals surface area contributed by atoms with E-state index in [2.05, 4.69) is 10.6 Å². The number of hydrogen-bond acceptors (Lipinski definition) is 7. The molecule has 150 valence electrons. The second-order valence-corrected chi connectivity index (χ2v) is 6.04. The summed E-state index contributed by atoms with van der Waals surface area (Å²) in [6.07, 6.45) is 0. The van der Waals surface area contributed by atoms with Crippen LogP contribution in [0.15, 0.2) is 24.3 Å². The maximum Gasteiger partial charge on any atom is 0.322 e. The fourth-order valence-corrected chi connectivity index (χ4v) is 2.67. The lowest BCUT2D eigenvalue weighted by atomic mass is 10.2. The molecule has 0 bridgehead atoms. The molecule has 0 saturated carbocycles. The van der Waals surface area contributed by atoms with Crippen LogP contribution in [-0.2, 0) is 14.3 Å². The van der Waals surface area contributed by atoms with Crippen molar-refractivity contribution in [2.45, 2.75) is 6.04 Å². The summed E-state index contributed by atoms with van der Waals surface area (Å²) in [4.78, 5) is 25.7. The molecular formula is C18H27N3O6. The normalized spacial score (nSPS) is 15.9. The molecular weight excluding hydrogens is 354 g/mol. The van der Waals surface area contributed by atoms with Crippen LogP contribution >= 0.6 is 0 Å². The number of piperazine rings is 1. The number of carbonyl (C=O) groups excluding carboxylic acids is 1. The number of nitrogens with one attached hydrogen (secondary N) is 2. The number of rotatable bonds is 11. The van der Waals surface area contributed by atoms with Gasteiger partial charge in [-0.15, -0.1) is 0 Å². The van der Waals surface area contributed by atoms with Crippen LogP contribution in [0, 0.1) is 0 Å². The van der Waals surface area contributed by atoms with Crippen LogP contribution in [-0.4, -0.2) is 87.8 Å². The number of aliphatic carboxylic acids is 1. The number of ether oxygens (including phenoxy) is 3. The lowest BCUT2D eigenvalue weighted by Gasteiger charge is -2.32. The number of nitrogens with zero attached hydrogens (tertiary/aromatic N) is 1. The molecule has 27 heavy (non-hydrogen) atoms. The molecule has 0 aromatic heterocycles. The molecule has 9 nitrogen and oxygen atoms in total. The van der Waals surface area contributed by atoms with Gasteiger partial charge in [-0.3, -0.25) is 14.5 Å². The van der Waals surface area contributed by atoms with E-state index in [9.17, 15) is 14.7 Å². The molecule has 0 spiro atoms. The Hall–Kier alpha value is -2.20. The Bertz CT molecular complexity index is 589. The summed E-state index contributed by atoms with van der Waals surface area (Å²) in [5, 5.41) is 15.3. The summed E-state index contributed by atoms with van der Waals surface area (Å²) < 4.78 is 15.5. The number of amides is 1. The topological polar surface area (TPSA) is 109 Å². The van der Waals surface area contributed by atoms with Crippen molar-refractivity contribution in [3.63, 3.8) is 0 Å². The third-order valence-electron chi connectivity index (χ3n) is 4.19. The molecule has 1 fully saturated rings. The van der Waals surface area contributed by atoms with E-state index in [1.807, 2.05) is 4.90 Å². The standard InChI is InChI=1S/C18H27N3O6/c1-25-10-11-26-13-27-15-4-2-14(3-5-15)17(22)20-12-16(18(23)24)21-8-6-19-7-9-21/h2-5,16,19H,6-13H2,1H3,(H,20,22)(H,23,24). The zero-order valence-corrected chi connectivity index (χ0v) is 15.5. The smallest absolute Gasteiger partial charge is 0.322 e. The van der Waals surface area contributed by atoms with Gasteiger partial charge < -0.3 is 30.0 Å². The van der Waals surface area contributed by atoms with E-state index < -0.39 is 12.0 Å². The first-order chi connectivity index (χ1) is 13.1. The summed E-state index contributed by atoms with van der Waals surface area (Å²) in [5.41, 5.74) is 0.437. The first kappa shape index (κ1) is 21.1. The van der Waals surface area contributed by atoms with Crippen molar-refractivity contribution in [2.75, 3.05) is 59.8 Å². The Morgan fingerprint density at radius 2 is 1.93 bits per heavy atom. The van der Waals surface area contributed by atoms with E-state index in [1.54, 1.807) is 31.4 Å². The number of carboxylic acid groups (broad SMARTS) is 1. The molecule has 1 heterocycles. The molecule has 1 atom stereocenters. The predicted octanol–water partition coefficient (Wildman–Crippen LogP) is -0.226. The Labute approximate surface area is 158 Å². The van der Waals surface area contributed by atoms with E-state index >= 15 is 0 Å². The fraction of sp³-hybridized carbons (Fsp3) is 0.556.